The first-order valence-electron chi connectivity index (χ1n) is 15.1. The Kier molecular flexibility index (Phi) is 7.98. The Morgan fingerprint density at radius 2 is 1.80 bits per heavy atom. The van der Waals surface area contributed by atoms with Crippen LogP contribution in [0.15, 0.2) is 60.9 Å². The summed E-state index contributed by atoms with van der Waals surface area (Å²) in [5.74, 6) is -0.414. The number of carbonyl (C=O) groups excluding carboxylic acids is 2. The fourth-order valence-electron chi connectivity index (χ4n) is 5.98. The molecule has 238 valence electrons. The standard InChI is InChI=1S/C32H34N8O6/c1-43-27-22(24-10-12-40(38-24)26-9-11-32(26)45-17-18-46-32)3-2-4-25(27)36-29-23(28(33)41)19-34-31(37-29)35-21-7-5-20(6-8-21)30(42)39-13-15-44-16-14-39/h2-8,10,12,19,26H,9,11,13-18H2,1H3,(H2,33,41)(H2,34,35,36,37). The van der Waals surface area contributed by atoms with Gasteiger partial charge in [0.05, 0.1) is 44.9 Å². The van der Waals surface area contributed by atoms with Crippen LogP contribution >= 0.6 is 0 Å². The smallest absolute Gasteiger partial charge is 0.254 e. The number of nitrogens with two attached hydrogens (primary N) is 1. The molecule has 1 spiro atoms. The van der Waals surface area contributed by atoms with Gasteiger partial charge < -0.3 is 40.2 Å². The number of hydrogen-bond acceptors (Lipinski definition) is 11. The summed E-state index contributed by atoms with van der Waals surface area (Å²) >= 11 is 0. The second-order valence-corrected chi connectivity index (χ2v) is 11.2. The van der Waals surface area contributed by atoms with Crippen LogP contribution in [0.5, 0.6) is 5.75 Å². The summed E-state index contributed by atoms with van der Waals surface area (Å²) in [4.78, 5) is 35.7. The van der Waals surface area contributed by atoms with Crippen LogP contribution in [0.25, 0.3) is 11.3 Å². The molecule has 3 fully saturated rings. The van der Waals surface area contributed by atoms with Gasteiger partial charge in [-0.1, -0.05) is 6.07 Å². The maximum atomic E-state index is 12.8. The predicted octanol–water partition coefficient (Wildman–Crippen LogP) is 3.49. The number of carbonyl (C=O) groups is 2. The minimum atomic E-state index is -0.695. The first-order chi connectivity index (χ1) is 22.4. The molecule has 1 saturated carbocycles. The van der Waals surface area contributed by atoms with Crippen molar-refractivity contribution in [1.82, 2.24) is 24.6 Å². The van der Waals surface area contributed by atoms with Crippen LogP contribution < -0.4 is 21.1 Å². The fourth-order valence-corrected chi connectivity index (χ4v) is 5.98. The van der Waals surface area contributed by atoms with Gasteiger partial charge in [0.1, 0.15) is 17.4 Å². The van der Waals surface area contributed by atoms with Crippen molar-refractivity contribution in [1.29, 1.82) is 0 Å². The first kappa shape index (κ1) is 29.6. The zero-order valence-electron chi connectivity index (χ0n) is 25.3. The van der Waals surface area contributed by atoms with Crippen molar-refractivity contribution in [2.45, 2.75) is 24.7 Å². The predicted molar refractivity (Wildman–Crippen MR) is 167 cm³/mol. The van der Waals surface area contributed by atoms with Gasteiger partial charge in [-0.2, -0.15) is 10.1 Å². The van der Waals surface area contributed by atoms with Crippen LogP contribution in [0.4, 0.5) is 23.1 Å². The van der Waals surface area contributed by atoms with E-state index < -0.39 is 11.7 Å². The number of anilines is 4. The number of nitrogens with zero attached hydrogens (tertiary/aromatic N) is 5. The van der Waals surface area contributed by atoms with Gasteiger partial charge in [0.25, 0.3) is 11.8 Å². The maximum absolute atomic E-state index is 12.8. The molecular formula is C32H34N8O6. The number of primary amides is 1. The Morgan fingerprint density at radius 1 is 1.02 bits per heavy atom. The van der Waals surface area contributed by atoms with Gasteiger partial charge in [0.2, 0.25) is 5.95 Å². The van der Waals surface area contributed by atoms with Gasteiger partial charge in [-0.05, 0) is 48.9 Å². The zero-order chi connectivity index (χ0) is 31.7. The molecule has 2 aliphatic heterocycles. The van der Waals surface area contributed by atoms with Crippen LogP contribution in [0.1, 0.15) is 39.6 Å². The van der Waals surface area contributed by atoms with Crippen LogP contribution in [-0.4, -0.2) is 88.9 Å². The minimum absolute atomic E-state index is 0.00239. The Balaban J connectivity index is 1.11. The third-order valence-electron chi connectivity index (χ3n) is 8.47. The van der Waals surface area contributed by atoms with E-state index >= 15 is 0 Å². The molecule has 2 aromatic heterocycles. The van der Waals surface area contributed by atoms with E-state index in [0.29, 0.717) is 67.9 Å². The van der Waals surface area contributed by atoms with Gasteiger partial charge in [0, 0.05) is 48.7 Å². The third kappa shape index (κ3) is 5.62. The lowest BCUT2D eigenvalue weighted by Gasteiger charge is -2.44. The van der Waals surface area contributed by atoms with E-state index in [1.54, 1.807) is 36.3 Å². The molecule has 1 atom stereocenters. The summed E-state index contributed by atoms with van der Waals surface area (Å²) in [6.07, 6.45) is 5.03. The lowest BCUT2D eigenvalue weighted by Crippen LogP contribution is -2.49. The normalized spacial score (nSPS) is 18.6. The van der Waals surface area contributed by atoms with Crippen LogP contribution in [0.3, 0.4) is 0 Å². The molecule has 2 aromatic carbocycles. The third-order valence-corrected chi connectivity index (χ3v) is 8.47. The Bertz CT molecular complexity index is 1750. The quantitative estimate of drug-likeness (QED) is 0.249. The summed E-state index contributed by atoms with van der Waals surface area (Å²) in [7, 11) is 1.57. The topological polar surface area (TPSA) is 168 Å². The Morgan fingerprint density at radius 3 is 2.50 bits per heavy atom. The number of para-hydroxylation sites is 1. The Labute approximate surface area is 264 Å². The molecule has 4 aromatic rings. The largest absolute Gasteiger partial charge is 0.494 e. The first-order valence-corrected chi connectivity index (χ1v) is 15.1. The summed E-state index contributed by atoms with van der Waals surface area (Å²) in [6.45, 7) is 3.38. The molecule has 46 heavy (non-hydrogen) atoms. The Hall–Kier alpha value is -5.05. The number of aromatic nitrogens is 4. The van der Waals surface area contributed by atoms with Crippen molar-refractivity contribution in [3.8, 4) is 17.0 Å². The average molecular weight is 627 g/mol. The molecule has 1 unspecified atom stereocenters. The maximum Gasteiger partial charge on any atom is 0.254 e. The molecule has 1 aliphatic carbocycles. The number of nitrogens with one attached hydrogen (secondary N) is 2. The monoisotopic (exact) mass is 626 g/mol. The van der Waals surface area contributed by atoms with Gasteiger partial charge in [0.15, 0.2) is 11.5 Å². The molecule has 2 saturated heterocycles. The number of morpholine rings is 1. The van der Waals surface area contributed by atoms with E-state index in [-0.39, 0.29) is 29.3 Å². The highest BCUT2D eigenvalue weighted by molar-refractivity contribution is 5.98. The van der Waals surface area contributed by atoms with Crippen molar-refractivity contribution in [3.05, 3.63) is 72.1 Å². The van der Waals surface area contributed by atoms with E-state index in [1.165, 1.54) is 6.20 Å². The molecule has 0 bridgehead atoms. The molecule has 2 amide bonds. The number of ether oxygens (including phenoxy) is 4. The van der Waals surface area contributed by atoms with E-state index in [2.05, 4.69) is 20.6 Å². The highest BCUT2D eigenvalue weighted by Crippen LogP contribution is 2.48. The molecule has 4 N–H and O–H groups in total. The van der Waals surface area contributed by atoms with Crippen LogP contribution in [0.2, 0.25) is 0 Å². The second kappa shape index (κ2) is 12.4. The van der Waals surface area contributed by atoms with Crippen molar-refractivity contribution in [2.75, 3.05) is 57.3 Å². The minimum Gasteiger partial charge on any atom is -0.494 e. The number of methoxy groups -OCH3 is 1. The van der Waals surface area contributed by atoms with E-state index in [1.807, 2.05) is 35.1 Å². The van der Waals surface area contributed by atoms with Gasteiger partial charge in [-0.25, -0.2) is 4.98 Å². The fraction of sp³-hybridized carbons (Fsp3) is 0.344. The van der Waals surface area contributed by atoms with Crippen molar-refractivity contribution < 1.29 is 28.5 Å². The van der Waals surface area contributed by atoms with Crippen LogP contribution in [-0.2, 0) is 14.2 Å². The van der Waals surface area contributed by atoms with Crippen molar-refractivity contribution in [2.24, 2.45) is 5.73 Å². The van der Waals surface area contributed by atoms with Crippen LogP contribution in [0, 0.1) is 0 Å². The molecule has 7 rings (SSSR count). The zero-order valence-corrected chi connectivity index (χ0v) is 25.3. The summed E-state index contributed by atoms with van der Waals surface area (Å²) in [6, 6.07) is 14.5. The molecule has 4 heterocycles. The number of amides is 2. The van der Waals surface area contributed by atoms with Crippen molar-refractivity contribution in [3.63, 3.8) is 0 Å². The SMILES string of the molecule is COc1c(Nc2nc(Nc3ccc(C(=O)N4CCOCC4)cc3)ncc2C(N)=O)cccc1-c1ccn(C2CCC23OCCO3)n1. The van der Waals surface area contributed by atoms with Gasteiger partial charge >= 0.3 is 0 Å². The van der Waals surface area contributed by atoms with Crippen molar-refractivity contribution >= 4 is 35.0 Å². The second-order valence-electron chi connectivity index (χ2n) is 11.2. The molecule has 0 radical (unpaired) electrons. The van der Waals surface area contributed by atoms with Gasteiger partial charge in [-0.15, -0.1) is 0 Å². The number of benzene rings is 2. The van der Waals surface area contributed by atoms with E-state index in [0.717, 1.165) is 18.4 Å². The summed E-state index contributed by atoms with van der Waals surface area (Å²) in [5, 5.41) is 11.2. The number of rotatable bonds is 9. The highest BCUT2D eigenvalue weighted by atomic mass is 16.7. The summed E-state index contributed by atoms with van der Waals surface area (Å²) < 4.78 is 24.9. The highest BCUT2D eigenvalue weighted by Gasteiger charge is 2.53. The lowest BCUT2D eigenvalue weighted by molar-refractivity contribution is -0.242. The van der Waals surface area contributed by atoms with E-state index in [4.69, 9.17) is 29.8 Å². The molecular weight excluding hydrogens is 592 g/mol. The average Bonchev–Trinajstić information content (AvgIpc) is 3.77. The summed E-state index contributed by atoms with van der Waals surface area (Å²) in [5.41, 5.74) is 9.01. The molecule has 3 aliphatic rings. The van der Waals surface area contributed by atoms with E-state index in [9.17, 15) is 9.59 Å². The molecule has 14 nitrogen and oxygen atoms in total. The number of hydrogen-bond donors (Lipinski definition) is 3. The lowest BCUT2D eigenvalue weighted by atomic mass is 9.85. The van der Waals surface area contributed by atoms with Gasteiger partial charge in [-0.3, -0.25) is 14.3 Å². The molecule has 14 heteroatoms.